The Bertz CT molecular complexity index is 1460. The van der Waals surface area contributed by atoms with E-state index in [1.807, 2.05) is 0 Å². The molecule has 14 nitrogen and oxygen atoms in total. The first kappa shape index (κ1) is 47.9. The Labute approximate surface area is 308 Å². The number of esters is 2. The number of rotatable bonds is 14. The van der Waals surface area contributed by atoms with Gasteiger partial charge in [0, 0.05) is 11.4 Å². The monoisotopic (exact) mass is 798 g/mol. The normalized spacial score (nSPS) is 9.04. The topological polar surface area (TPSA) is 223 Å². The minimum absolute atomic E-state index is 0.0549. The predicted molar refractivity (Wildman–Crippen MR) is 192 cm³/mol. The van der Waals surface area contributed by atoms with Crippen LogP contribution >= 0.6 is 27.5 Å². The molecular weight excluding hydrogens is 760 g/mol. The van der Waals surface area contributed by atoms with Gasteiger partial charge >= 0.3 is 23.9 Å². The fraction of sp³-hybridized carbons (Fsp3) is 0.229. The third-order valence-electron chi connectivity index (χ3n) is 4.95. The highest BCUT2D eigenvalue weighted by Gasteiger charge is 2.05. The Balaban J connectivity index is 0. The number of phenols is 1. The van der Waals surface area contributed by atoms with Crippen LogP contribution in [0.1, 0.15) is 38.0 Å². The highest BCUT2D eigenvalue weighted by molar-refractivity contribution is 9.09. The van der Waals surface area contributed by atoms with Crippen molar-refractivity contribution in [2.75, 3.05) is 45.0 Å². The molecule has 16 heteroatoms. The Hall–Kier alpha value is -5.22. The van der Waals surface area contributed by atoms with Crippen molar-refractivity contribution in [3.8, 4) is 17.2 Å². The van der Waals surface area contributed by atoms with Gasteiger partial charge in [0.25, 0.3) is 0 Å². The van der Waals surface area contributed by atoms with E-state index in [-0.39, 0.29) is 55.9 Å². The van der Waals surface area contributed by atoms with Crippen molar-refractivity contribution in [3.05, 3.63) is 115 Å². The van der Waals surface area contributed by atoms with E-state index in [9.17, 15) is 24.0 Å². The highest BCUT2D eigenvalue weighted by Crippen LogP contribution is 2.13. The average Bonchev–Trinajstić information content (AvgIpc) is 3.14. The van der Waals surface area contributed by atoms with Gasteiger partial charge in [-0.25, -0.2) is 19.2 Å². The van der Waals surface area contributed by atoms with Crippen LogP contribution in [-0.2, 0) is 19.1 Å². The zero-order valence-corrected chi connectivity index (χ0v) is 30.0. The summed E-state index contributed by atoms with van der Waals surface area (Å²) in [5.74, 6) is -1.61. The van der Waals surface area contributed by atoms with E-state index < -0.39 is 23.2 Å². The van der Waals surface area contributed by atoms with Gasteiger partial charge in [0.15, 0.2) is 0 Å². The van der Waals surface area contributed by atoms with Crippen molar-refractivity contribution in [1.29, 1.82) is 0 Å². The number of alkyl halides is 1. The van der Waals surface area contributed by atoms with E-state index in [1.54, 1.807) is 31.2 Å². The highest BCUT2D eigenvalue weighted by atomic mass is 79.9. The molecule has 5 N–H and O–H groups in total. The third kappa shape index (κ3) is 26.3. The molecule has 0 unspecified atom stereocenters. The number of aromatic hydroxyl groups is 1. The number of hydrogen-bond acceptors (Lipinski definition) is 12. The van der Waals surface area contributed by atoms with E-state index in [2.05, 4.69) is 29.1 Å². The number of aromatic carboxylic acids is 2. The number of aliphatic hydroxyl groups is 2. The summed E-state index contributed by atoms with van der Waals surface area (Å²) in [7, 11) is 0. The average molecular weight is 800 g/mol. The second-order valence-electron chi connectivity index (χ2n) is 8.64. The van der Waals surface area contributed by atoms with Crippen molar-refractivity contribution >= 4 is 56.7 Å². The number of allylic oxidation sites excluding steroid dienone is 1. The van der Waals surface area contributed by atoms with E-state index in [0.29, 0.717) is 29.0 Å². The van der Waals surface area contributed by atoms with E-state index >= 15 is 0 Å². The molecule has 0 saturated heterocycles. The van der Waals surface area contributed by atoms with Crippen LogP contribution < -0.4 is 9.47 Å². The fourth-order valence-electron chi connectivity index (χ4n) is 2.72. The molecule has 0 fully saturated rings. The van der Waals surface area contributed by atoms with Gasteiger partial charge in [0.2, 0.25) is 5.24 Å². The lowest BCUT2D eigenvalue weighted by Gasteiger charge is -2.06. The van der Waals surface area contributed by atoms with Gasteiger partial charge in [0.1, 0.15) is 37.1 Å². The van der Waals surface area contributed by atoms with Crippen LogP contribution in [0.25, 0.3) is 0 Å². The number of benzene rings is 3. The van der Waals surface area contributed by atoms with Crippen LogP contribution in [0.2, 0.25) is 0 Å². The minimum Gasteiger partial charge on any atom is -0.508 e. The molecular formula is C35H40BrClO14. The number of carboxylic acids is 2. The lowest BCUT2D eigenvalue weighted by Crippen LogP contribution is -2.10. The predicted octanol–water partition coefficient (Wildman–Crippen LogP) is 5.13. The number of aliphatic hydroxyl groups excluding tert-OH is 2. The minimum atomic E-state index is -0.989. The number of carboxylic acid groups (broad SMARTS) is 2. The maximum absolute atomic E-state index is 11.1. The molecule has 51 heavy (non-hydrogen) atoms. The van der Waals surface area contributed by atoms with Crippen molar-refractivity contribution in [2.24, 2.45) is 0 Å². The zero-order chi connectivity index (χ0) is 39.0. The SMILES string of the molecule is C=CC(=O)Cl.C=CC(=O)OCCOc1ccc(C(=O)O)cc1.CCOC(=O)c1ccc(O)cc1.O=C(O)c1ccc(OCCO)cc1.OCCBr. The Morgan fingerprint density at radius 3 is 1.43 bits per heavy atom. The van der Waals surface area contributed by atoms with Crippen LogP contribution in [0.3, 0.4) is 0 Å². The van der Waals surface area contributed by atoms with Gasteiger partial charge in [-0.1, -0.05) is 29.1 Å². The lowest BCUT2D eigenvalue weighted by molar-refractivity contribution is -0.138. The molecule has 3 aromatic carbocycles. The maximum atomic E-state index is 11.1. The van der Waals surface area contributed by atoms with E-state index in [0.717, 1.165) is 12.2 Å². The molecule has 0 bridgehead atoms. The van der Waals surface area contributed by atoms with Gasteiger partial charge in [-0.15, -0.1) is 0 Å². The van der Waals surface area contributed by atoms with Crippen molar-refractivity contribution in [3.63, 3.8) is 0 Å². The summed E-state index contributed by atoms with van der Waals surface area (Å²) < 4.78 is 19.7. The summed E-state index contributed by atoms with van der Waals surface area (Å²) >= 11 is 7.70. The second-order valence-corrected chi connectivity index (χ2v) is 9.80. The van der Waals surface area contributed by atoms with Crippen molar-refractivity contribution < 1.29 is 68.5 Å². The molecule has 0 aliphatic heterocycles. The van der Waals surface area contributed by atoms with Crippen molar-refractivity contribution in [2.45, 2.75) is 6.92 Å². The zero-order valence-electron chi connectivity index (χ0n) is 27.6. The van der Waals surface area contributed by atoms with Gasteiger partial charge in [-0.2, -0.15) is 0 Å². The first-order valence-corrected chi connectivity index (χ1v) is 16.1. The molecule has 3 aromatic rings. The first-order chi connectivity index (χ1) is 24.3. The summed E-state index contributed by atoms with van der Waals surface area (Å²) in [6.07, 6.45) is 2.11. The molecule has 0 spiro atoms. The van der Waals surface area contributed by atoms with E-state index in [1.165, 1.54) is 48.5 Å². The van der Waals surface area contributed by atoms with Gasteiger partial charge < -0.3 is 44.5 Å². The third-order valence-corrected chi connectivity index (χ3v) is 5.46. The molecule has 0 heterocycles. The number of hydrogen-bond donors (Lipinski definition) is 5. The molecule has 0 amide bonds. The summed E-state index contributed by atoms with van der Waals surface area (Å²) in [4.78, 5) is 52.2. The summed E-state index contributed by atoms with van der Waals surface area (Å²) in [6.45, 7) is 9.15. The van der Waals surface area contributed by atoms with Gasteiger partial charge in [0.05, 0.1) is 36.5 Å². The molecule has 0 aromatic heterocycles. The molecule has 0 aliphatic rings. The number of carbonyl (C=O) groups is 5. The summed E-state index contributed by atoms with van der Waals surface area (Å²) in [5.41, 5.74) is 0.862. The smallest absolute Gasteiger partial charge is 0.338 e. The van der Waals surface area contributed by atoms with Gasteiger partial charge in [-0.05, 0) is 97.4 Å². The maximum Gasteiger partial charge on any atom is 0.338 e. The quantitative estimate of drug-likeness (QED) is 0.0469. The largest absolute Gasteiger partial charge is 0.508 e. The molecule has 0 atom stereocenters. The summed E-state index contributed by atoms with van der Waals surface area (Å²) in [6, 6.07) is 17.9. The number of halogens is 2. The Kier molecular flexibility index (Phi) is 28.9. The van der Waals surface area contributed by atoms with Crippen LogP contribution in [0, 0.1) is 0 Å². The standard InChI is InChI=1S/C12H12O5.C9H10O4.C9H10O3.C3H3ClO.C2H5BrO/c1-2-11(13)17-8-7-16-10-5-3-9(4-6-10)12(14)15;10-5-6-13-8-3-1-7(2-4-8)9(11)12;1-2-12-9(11)7-3-5-8(10)6-4-7;1-2-3(4)5;3-1-2-4/h2-6H,1,7-8H2,(H,14,15);1-4,10H,5-6H2,(H,11,12);3-6,10H,2H2,1H3;2H,1H2;4H,1-2H2. The lowest BCUT2D eigenvalue weighted by atomic mass is 10.2. The molecule has 0 aliphatic carbocycles. The first-order valence-electron chi connectivity index (χ1n) is 14.6. The van der Waals surface area contributed by atoms with Crippen LogP contribution in [0.15, 0.2) is 98.1 Å². The summed E-state index contributed by atoms with van der Waals surface area (Å²) in [5, 5.41) is 42.6. The van der Waals surface area contributed by atoms with Crippen LogP contribution in [-0.4, -0.2) is 99.6 Å². The number of carbonyl (C=O) groups excluding carboxylic acids is 3. The number of ether oxygens (including phenoxy) is 4. The Morgan fingerprint density at radius 2 is 1.10 bits per heavy atom. The van der Waals surface area contributed by atoms with Crippen LogP contribution in [0.4, 0.5) is 0 Å². The van der Waals surface area contributed by atoms with Crippen molar-refractivity contribution in [1.82, 2.24) is 0 Å². The number of phenolic OH excluding ortho intramolecular Hbond substituents is 1. The molecule has 0 saturated carbocycles. The van der Waals surface area contributed by atoms with E-state index in [4.69, 9.17) is 56.1 Å². The molecule has 0 radical (unpaired) electrons. The molecule has 278 valence electrons. The van der Waals surface area contributed by atoms with Gasteiger partial charge in [-0.3, -0.25) is 4.79 Å². The van der Waals surface area contributed by atoms with Crippen LogP contribution in [0.5, 0.6) is 17.2 Å². The second kappa shape index (κ2) is 30.8. The Morgan fingerprint density at radius 1 is 0.686 bits per heavy atom. The fourth-order valence-corrected chi connectivity index (χ4v) is 2.72. The molecule has 3 rings (SSSR count).